The molecule has 0 atom stereocenters. The normalized spacial score (nSPS) is 16.9. The van der Waals surface area contributed by atoms with Gasteiger partial charge in [0.15, 0.2) is 0 Å². The van der Waals surface area contributed by atoms with Crippen LogP contribution in [0.4, 0.5) is 0 Å². The van der Waals surface area contributed by atoms with E-state index in [1.807, 2.05) is 41.3 Å². The highest BCUT2D eigenvalue weighted by molar-refractivity contribution is 6.04. The number of ether oxygens (including phenoxy) is 1. The quantitative estimate of drug-likeness (QED) is 0.743. The monoisotopic (exact) mass is 401 g/mol. The maximum absolute atomic E-state index is 13.4. The number of hydrogen-bond donors (Lipinski definition) is 0. The Kier molecular flexibility index (Phi) is 5.13. The number of nitrogens with zero attached hydrogens (tertiary/aromatic N) is 3. The van der Waals surface area contributed by atoms with E-state index in [-0.39, 0.29) is 5.91 Å². The summed E-state index contributed by atoms with van der Waals surface area (Å²) in [5.41, 5.74) is 4.52. The first-order valence-electron chi connectivity index (χ1n) is 10.5. The van der Waals surface area contributed by atoms with Crippen LogP contribution in [0.2, 0.25) is 0 Å². The minimum absolute atomic E-state index is 0.00339. The lowest BCUT2D eigenvalue weighted by molar-refractivity contribution is 0.0839. The first-order valence-corrected chi connectivity index (χ1v) is 10.5. The third-order valence-electron chi connectivity index (χ3n) is 6.11. The third-order valence-corrected chi connectivity index (χ3v) is 6.11. The summed E-state index contributed by atoms with van der Waals surface area (Å²) in [5.74, 6) is 0.713. The average Bonchev–Trinajstić information content (AvgIpc) is 3.07. The van der Waals surface area contributed by atoms with Gasteiger partial charge in [0.2, 0.25) is 0 Å². The van der Waals surface area contributed by atoms with Crippen LogP contribution in [0.25, 0.3) is 5.70 Å². The van der Waals surface area contributed by atoms with Gasteiger partial charge < -0.3 is 9.64 Å². The molecule has 5 nitrogen and oxygen atoms in total. The largest absolute Gasteiger partial charge is 0.483 e. The third kappa shape index (κ3) is 3.28. The number of hydrogen-bond acceptors (Lipinski definition) is 4. The summed E-state index contributed by atoms with van der Waals surface area (Å²) in [6.07, 6.45) is 0. The molecule has 0 unspecified atom stereocenters. The zero-order valence-corrected chi connectivity index (χ0v) is 18.0. The second-order valence-corrected chi connectivity index (χ2v) is 8.27. The summed E-state index contributed by atoms with van der Waals surface area (Å²) in [5, 5.41) is 9.48. The predicted molar refractivity (Wildman–Crippen MR) is 117 cm³/mol. The topological polar surface area (TPSA) is 56.6 Å². The Labute approximate surface area is 178 Å². The van der Waals surface area contributed by atoms with Crippen molar-refractivity contribution in [1.29, 1.82) is 5.26 Å². The fraction of sp³-hybridized carbons (Fsp3) is 0.360. The standard InChI is InChI=1S/C25H27N3O2/c1-5-27(6-2)16-21-23(28-15-18-9-7-8-10-19(18)24(28)29)20-13-17(14-26)11-12-22(20)30-25(21,3)4/h7-13H,5-6,15-16H2,1-4H3. The zero-order chi connectivity index (χ0) is 21.5. The van der Waals surface area contributed by atoms with Gasteiger partial charge in [-0.15, -0.1) is 0 Å². The molecule has 0 fully saturated rings. The van der Waals surface area contributed by atoms with Gasteiger partial charge in [-0.3, -0.25) is 9.69 Å². The van der Waals surface area contributed by atoms with E-state index in [4.69, 9.17) is 4.74 Å². The van der Waals surface area contributed by atoms with Crippen molar-refractivity contribution in [2.45, 2.75) is 39.8 Å². The van der Waals surface area contributed by atoms with E-state index in [1.54, 1.807) is 6.07 Å². The molecule has 0 bridgehead atoms. The molecule has 4 rings (SSSR count). The Morgan fingerprint density at radius 1 is 1.13 bits per heavy atom. The molecule has 30 heavy (non-hydrogen) atoms. The maximum atomic E-state index is 13.4. The summed E-state index contributed by atoms with van der Waals surface area (Å²) in [6, 6.07) is 15.4. The summed E-state index contributed by atoms with van der Waals surface area (Å²) >= 11 is 0. The minimum atomic E-state index is -0.575. The molecule has 2 aliphatic rings. The van der Waals surface area contributed by atoms with Gasteiger partial charge in [0.1, 0.15) is 11.4 Å². The average molecular weight is 402 g/mol. The molecule has 0 aliphatic carbocycles. The van der Waals surface area contributed by atoms with Crippen LogP contribution in [0.5, 0.6) is 5.75 Å². The highest BCUT2D eigenvalue weighted by Crippen LogP contribution is 2.45. The Morgan fingerprint density at radius 3 is 2.53 bits per heavy atom. The van der Waals surface area contributed by atoms with E-state index in [1.165, 1.54) is 0 Å². The van der Waals surface area contributed by atoms with Gasteiger partial charge in [0.05, 0.1) is 23.9 Å². The smallest absolute Gasteiger partial charge is 0.258 e. The van der Waals surface area contributed by atoms with E-state index in [2.05, 4.69) is 38.7 Å². The number of amides is 1. The fourth-order valence-electron chi connectivity index (χ4n) is 4.34. The molecule has 0 spiro atoms. The summed E-state index contributed by atoms with van der Waals surface area (Å²) in [6.45, 7) is 11.4. The fourth-order valence-corrected chi connectivity index (χ4v) is 4.34. The molecule has 2 aromatic rings. The number of fused-ring (bicyclic) bond motifs is 2. The number of likely N-dealkylation sites (N-methyl/N-ethyl adjacent to an activating group) is 1. The summed E-state index contributed by atoms with van der Waals surface area (Å²) in [4.78, 5) is 17.6. The molecule has 0 N–H and O–H groups in total. The molecule has 0 saturated carbocycles. The minimum Gasteiger partial charge on any atom is -0.483 e. The van der Waals surface area contributed by atoms with Crippen molar-refractivity contribution in [2.24, 2.45) is 0 Å². The molecule has 0 aromatic heterocycles. The molecule has 2 aliphatic heterocycles. The van der Waals surface area contributed by atoms with Crippen molar-refractivity contribution in [3.63, 3.8) is 0 Å². The van der Waals surface area contributed by atoms with Crippen LogP contribution in [-0.4, -0.2) is 40.9 Å². The lowest BCUT2D eigenvalue weighted by Crippen LogP contribution is -2.43. The van der Waals surface area contributed by atoms with E-state index in [0.29, 0.717) is 24.4 Å². The van der Waals surface area contributed by atoms with Gasteiger partial charge >= 0.3 is 0 Å². The van der Waals surface area contributed by atoms with Crippen LogP contribution < -0.4 is 4.74 Å². The second-order valence-electron chi connectivity index (χ2n) is 8.27. The van der Waals surface area contributed by atoms with Crippen molar-refractivity contribution < 1.29 is 9.53 Å². The highest BCUT2D eigenvalue weighted by atomic mass is 16.5. The lowest BCUT2D eigenvalue weighted by Gasteiger charge is -2.41. The van der Waals surface area contributed by atoms with E-state index >= 15 is 0 Å². The molecular formula is C25H27N3O2. The lowest BCUT2D eigenvalue weighted by atomic mass is 9.87. The Morgan fingerprint density at radius 2 is 1.87 bits per heavy atom. The molecule has 0 radical (unpaired) electrons. The van der Waals surface area contributed by atoms with Crippen LogP contribution in [0.15, 0.2) is 48.0 Å². The Balaban J connectivity index is 1.94. The molecule has 0 saturated heterocycles. The molecule has 5 heteroatoms. The Hall–Kier alpha value is -3.10. The maximum Gasteiger partial charge on any atom is 0.258 e. The number of benzene rings is 2. The number of nitriles is 1. The first-order chi connectivity index (χ1) is 14.4. The summed E-state index contributed by atoms with van der Waals surface area (Å²) in [7, 11) is 0. The van der Waals surface area contributed by atoms with Crippen molar-refractivity contribution in [3.8, 4) is 11.8 Å². The van der Waals surface area contributed by atoms with Gasteiger partial charge in [-0.25, -0.2) is 0 Å². The van der Waals surface area contributed by atoms with Crippen molar-refractivity contribution >= 4 is 11.6 Å². The number of carbonyl (C=O) groups is 1. The van der Waals surface area contributed by atoms with Crippen LogP contribution in [0.3, 0.4) is 0 Å². The predicted octanol–water partition coefficient (Wildman–Crippen LogP) is 4.44. The van der Waals surface area contributed by atoms with Crippen LogP contribution in [0, 0.1) is 11.3 Å². The Bertz CT molecular complexity index is 1070. The second kappa shape index (κ2) is 7.62. The number of rotatable bonds is 5. The van der Waals surface area contributed by atoms with Crippen LogP contribution in [-0.2, 0) is 6.54 Å². The zero-order valence-electron chi connectivity index (χ0n) is 18.0. The number of carbonyl (C=O) groups excluding carboxylic acids is 1. The van der Waals surface area contributed by atoms with Crippen molar-refractivity contribution in [1.82, 2.24) is 9.80 Å². The van der Waals surface area contributed by atoms with Gasteiger partial charge in [0.25, 0.3) is 5.91 Å². The van der Waals surface area contributed by atoms with Crippen LogP contribution in [0.1, 0.15) is 54.7 Å². The van der Waals surface area contributed by atoms with Gasteiger partial charge in [-0.1, -0.05) is 32.0 Å². The molecule has 2 heterocycles. The molecule has 154 valence electrons. The van der Waals surface area contributed by atoms with Crippen molar-refractivity contribution in [2.75, 3.05) is 19.6 Å². The van der Waals surface area contributed by atoms with E-state index < -0.39 is 5.60 Å². The van der Waals surface area contributed by atoms with E-state index in [9.17, 15) is 10.1 Å². The van der Waals surface area contributed by atoms with Crippen molar-refractivity contribution in [3.05, 3.63) is 70.3 Å². The van der Waals surface area contributed by atoms with Gasteiger partial charge in [0, 0.05) is 23.2 Å². The molecule has 2 aromatic carbocycles. The summed E-state index contributed by atoms with van der Waals surface area (Å²) < 4.78 is 6.39. The van der Waals surface area contributed by atoms with E-state index in [0.717, 1.165) is 41.1 Å². The van der Waals surface area contributed by atoms with Gasteiger partial charge in [-0.05, 0) is 56.8 Å². The SMILES string of the molecule is CCN(CC)CC1=C(N2Cc3ccccc3C2=O)c2cc(C#N)ccc2OC1(C)C. The highest BCUT2D eigenvalue weighted by Gasteiger charge is 2.41. The molecule has 1 amide bonds. The molecular weight excluding hydrogens is 374 g/mol. The van der Waals surface area contributed by atoms with Gasteiger partial charge in [-0.2, -0.15) is 5.26 Å². The van der Waals surface area contributed by atoms with Crippen LogP contribution >= 0.6 is 0 Å². The first kappa shape index (κ1) is 20.2.